The van der Waals surface area contributed by atoms with Gasteiger partial charge in [0.05, 0.1) is 30.0 Å². The summed E-state index contributed by atoms with van der Waals surface area (Å²) in [5.41, 5.74) is -6.01. The summed E-state index contributed by atoms with van der Waals surface area (Å²) in [5.74, 6) is -7.27. The minimum Gasteiger partial charge on any atom is -0.492 e. The van der Waals surface area contributed by atoms with E-state index in [9.17, 15) is 39.0 Å². The van der Waals surface area contributed by atoms with Gasteiger partial charge in [0, 0.05) is 60.2 Å². The molecule has 1 amide bonds. The first-order valence-corrected chi connectivity index (χ1v) is 26.0. The van der Waals surface area contributed by atoms with Crippen LogP contribution in [0.5, 0.6) is 5.75 Å². The molecular formula is C58H62F3N3O12. The summed E-state index contributed by atoms with van der Waals surface area (Å²) >= 11 is 0. The second-order valence-corrected chi connectivity index (χ2v) is 22.1. The van der Waals surface area contributed by atoms with Gasteiger partial charge in [0.1, 0.15) is 22.7 Å². The van der Waals surface area contributed by atoms with E-state index >= 15 is 13.2 Å². The average Bonchev–Trinajstić information content (AvgIpc) is 4.29. The third-order valence-electron chi connectivity index (χ3n) is 18.0. The van der Waals surface area contributed by atoms with Gasteiger partial charge in [0.25, 0.3) is 0 Å². The standard InChI is InChI=1S/C58H62F3N3O12/c1-31-22-43-42-17-13-36-24-38(65)18-19-55(36,4)57(42,61)46(66)26-56(43,5)58(31,72)47(67)29-74-53(70)41-28-64(37-14-15-37)48-40(50(41)68)25-45(60)49(51(48)73-6)62-20-21-63(32(2)27-62)54(71)76-30-75-52(69)33(3)35-12-16-39(44(59)23-35)34-10-8-7-9-11-34/h7-12,16,18-19,23-25,28,31-33,37,42-43,46,66,72H,13-15,17,20-22,26-27,29-30H2,1-6H3/t31-,32?,33?,42-,43-,46-,55-,56-,57-,58-/m1/s1. The number of ketones is 2. The topological polar surface area (TPSA) is 191 Å². The molecule has 2 unspecified atom stereocenters. The molecule has 5 fully saturated rings. The van der Waals surface area contributed by atoms with Crippen molar-refractivity contribution in [2.45, 2.75) is 109 Å². The number of ether oxygens (including phenoxy) is 4. The van der Waals surface area contributed by atoms with Gasteiger partial charge in [-0.2, -0.15) is 0 Å². The minimum atomic E-state index is -2.19. The van der Waals surface area contributed by atoms with Gasteiger partial charge in [0.15, 0.2) is 29.6 Å². The Bertz CT molecular complexity index is 3200. The van der Waals surface area contributed by atoms with E-state index in [4.69, 9.17) is 18.9 Å². The van der Waals surface area contributed by atoms with Gasteiger partial charge < -0.3 is 43.5 Å². The third kappa shape index (κ3) is 8.23. The van der Waals surface area contributed by atoms with Crippen molar-refractivity contribution >= 4 is 46.2 Å². The highest BCUT2D eigenvalue weighted by molar-refractivity contribution is 6.01. The van der Waals surface area contributed by atoms with Crippen LogP contribution in [0.1, 0.15) is 101 Å². The largest absolute Gasteiger partial charge is 0.492 e. The van der Waals surface area contributed by atoms with Crippen molar-refractivity contribution in [2.75, 3.05) is 45.0 Å². The van der Waals surface area contributed by atoms with E-state index in [-0.39, 0.29) is 73.1 Å². The number of amides is 1. The summed E-state index contributed by atoms with van der Waals surface area (Å²) in [6.07, 6.45) is 5.19. The van der Waals surface area contributed by atoms with Crippen molar-refractivity contribution in [3.8, 4) is 16.9 Å². The molecule has 0 bridgehead atoms. The number of rotatable bonds is 12. The number of alkyl halides is 1. The number of esters is 2. The summed E-state index contributed by atoms with van der Waals surface area (Å²) in [4.78, 5) is 84.2. The number of piperazine rings is 1. The predicted molar refractivity (Wildman–Crippen MR) is 272 cm³/mol. The number of Topliss-reactive ketones (excluding diaryl/α,β-unsaturated/α-hetero) is 1. The lowest BCUT2D eigenvalue weighted by atomic mass is 9.44. The zero-order valence-corrected chi connectivity index (χ0v) is 43.3. The summed E-state index contributed by atoms with van der Waals surface area (Å²) in [6.45, 7) is 6.92. The minimum absolute atomic E-state index is 0.0207. The molecule has 2 N–H and O–H groups in total. The zero-order chi connectivity index (χ0) is 54.4. The second kappa shape index (κ2) is 19.3. The Morgan fingerprint density at radius 2 is 1.66 bits per heavy atom. The van der Waals surface area contributed by atoms with E-state index in [2.05, 4.69) is 0 Å². The smallest absolute Gasteiger partial charge is 0.413 e. The molecule has 3 aromatic carbocycles. The lowest BCUT2D eigenvalue weighted by Crippen LogP contribution is -2.69. The van der Waals surface area contributed by atoms with Crippen LogP contribution in [0.4, 0.5) is 23.7 Å². The Morgan fingerprint density at radius 3 is 2.34 bits per heavy atom. The first-order valence-electron chi connectivity index (χ1n) is 26.0. The van der Waals surface area contributed by atoms with Crippen LogP contribution in [0.15, 0.2) is 89.4 Å². The average molecular weight is 1050 g/mol. The quantitative estimate of drug-likeness (QED) is 0.102. The second-order valence-electron chi connectivity index (χ2n) is 22.1. The number of benzene rings is 3. The molecule has 5 aliphatic carbocycles. The van der Waals surface area contributed by atoms with Crippen molar-refractivity contribution in [3.05, 3.63) is 118 Å². The molecule has 1 aliphatic heterocycles. The molecule has 4 aromatic rings. The highest BCUT2D eigenvalue weighted by atomic mass is 19.1. The number of hydrogen-bond acceptors (Lipinski definition) is 13. The van der Waals surface area contributed by atoms with E-state index in [1.807, 2.05) is 6.07 Å². The van der Waals surface area contributed by atoms with Crippen LogP contribution in [-0.4, -0.2) is 113 Å². The van der Waals surface area contributed by atoms with Gasteiger partial charge in [-0.15, -0.1) is 0 Å². The summed E-state index contributed by atoms with van der Waals surface area (Å²) in [6, 6.07) is 13.7. The lowest BCUT2D eigenvalue weighted by molar-refractivity contribution is -0.219. The fourth-order valence-electron chi connectivity index (χ4n) is 13.7. The van der Waals surface area contributed by atoms with Crippen LogP contribution < -0.4 is 15.1 Å². The molecule has 1 saturated heterocycles. The summed E-state index contributed by atoms with van der Waals surface area (Å²) in [5, 5.41) is 24.1. The Balaban J connectivity index is 0.809. The molecule has 4 saturated carbocycles. The number of carbonyl (C=O) groups is 5. The van der Waals surface area contributed by atoms with E-state index in [0.29, 0.717) is 41.5 Å². The van der Waals surface area contributed by atoms with Crippen LogP contribution in [0.2, 0.25) is 0 Å². The molecule has 1 aromatic heterocycles. The van der Waals surface area contributed by atoms with E-state index in [0.717, 1.165) is 6.07 Å². The normalized spacial score (nSPS) is 30.2. The van der Waals surface area contributed by atoms with Crippen molar-refractivity contribution < 1.29 is 66.3 Å². The van der Waals surface area contributed by atoms with E-state index in [1.54, 1.807) is 80.5 Å². The monoisotopic (exact) mass is 1050 g/mol. The molecule has 10 rings (SSSR count). The number of aromatic nitrogens is 1. The third-order valence-corrected chi connectivity index (χ3v) is 18.0. The molecule has 0 spiro atoms. The van der Waals surface area contributed by atoms with Crippen molar-refractivity contribution in [3.63, 3.8) is 0 Å². The molecule has 18 heteroatoms. The number of allylic oxidation sites excluding steroid dienone is 4. The van der Waals surface area contributed by atoms with Crippen molar-refractivity contribution in [2.24, 2.45) is 28.6 Å². The summed E-state index contributed by atoms with van der Waals surface area (Å²) < 4.78 is 73.0. The number of aliphatic hydroxyl groups excluding tert-OH is 1. The number of pyridine rings is 1. The van der Waals surface area contributed by atoms with Crippen molar-refractivity contribution in [1.29, 1.82) is 0 Å². The number of carbonyl (C=O) groups excluding carboxylic acids is 5. The molecule has 15 nitrogen and oxygen atoms in total. The number of aliphatic hydroxyl groups is 2. The van der Waals surface area contributed by atoms with Crippen LogP contribution in [0, 0.1) is 40.2 Å². The van der Waals surface area contributed by atoms with E-state index in [1.165, 1.54) is 42.5 Å². The maximum Gasteiger partial charge on any atom is 0.413 e. The van der Waals surface area contributed by atoms with E-state index < -0.39 is 118 Å². The van der Waals surface area contributed by atoms with Gasteiger partial charge in [-0.1, -0.05) is 68.0 Å². The van der Waals surface area contributed by atoms with Crippen LogP contribution in [0.25, 0.3) is 22.0 Å². The molecule has 0 radical (unpaired) electrons. The molecule has 402 valence electrons. The fraction of sp³-hybridized carbons (Fsp3) is 0.483. The van der Waals surface area contributed by atoms with Crippen LogP contribution in [0.3, 0.4) is 0 Å². The summed E-state index contributed by atoms with van der Waals surface area (Å²) in [7, 11) is 1.33. The van der Waals surface area contributed by atoms with Crippen LogP contribution in [-0.2, 0) is 28.6 Å². The predicted octanol–water partition coefficient (Wildman–Crippen LogP) is 8.32. The van der Waals surface area contributed by atoms with Crippen molar-refractivity contribution in [1.82, 2.24) is 9.47 Å². The highest BCUT2D eigenvalue weighted by Gasteiger charge is 2.75. The Morgan fingerprint density at radius 1 is 0.921 bits per heavy atom. The maximum atomic E-state index is 17.7. The number of fused-ring (bicyclic) bond motifs is 6. The molecule has 10 atom stereocenters. The molecule has 2 heterocycles. The number of methoxy groups -OCH3 is 1. The number of halogens is 3. The molecule has 6 aliphatic rings. The van der Waals surface area contributed by atoms with Gasteiger partial charge in [-0.05, 0) is 107 Å². The van der Waals surface area contributed by atoms with Gasteiger partial charge >= 0.3 is 18.0 Å². The van der Waals surface area contributed by atoms with Crippen LogP contribution >= 0.6 is 0 Å². The lowest BCUT2D eigenvalue weighted by Gasteiger charge is -2.62. The number of nitrogens with zero attached hydrogens (tertiary/aromatic N) is 3. The Hall–Kier alpha value is -6.79. The fourth-order valence-corrected chi connectivity index (χ4v) is 13.7. The first kappa shape index (κ1) is 52.6. The highest BCUT2D eigenvalue weighted by Crippen LogP contribution is 2.70. The van der Waals surface area contributed by atoms with Gasteiger partial charge in [0.2, 0.25) is 18.0 Å². The maximum absolute atomic E-state index is 17.7. The number of hydrogen-bond donors (Lipinski definition) is 2. The van der Waals surface area contributed by atoms with Gasteiger partial charge in [-0.3, -0.25) is 19.2 Å². The molecular weight excluding hydrogens is 988 g/mol. The molecule has 76 heavy (non-hydrogen) atoms. The number of anilines is 1. The SMILES string of the molecule is COc1c(N2CCN(C(=O)OCOC(=O)C(C)c3ccc(-c4ccccc4)c(F)c3)C(C)C2)c(F)cc2c(=O)c(C(=O)OCC(=O)[C@]3(O)[C@H](C)C[C@@H]4[C@H]5CCC6=CC(=O)C=C[C@@]6(C)[C@]5(F)[C@H](O)C[C@]43C)cn(C3CC3)c12. The Labute approximate surface area is 437 Å². The zero-order valence-electron chi connectivity index (χ0n) is 43.3. The van der Waals surface area contributed by atoms with Gasteiger partial charge in [-0.25, -0.2) is 22.8 Å². The Kier molecular flexibility index (Phi) is 13.4. The first-order chi connectivity index (χ1) is 36.1.